The van der Waals surface area contributed by atoms with Crippen LogP contribution in [-0.4, -0.2) is 5.78 Å². The van der Waals surface area contributed by atoms with E-state index in [9.17, 15) is 4.79 Å². The van der Waals surface area contributed by atoms with Gasteiger partial charge in [-0.1, -0.05) is 12.0 Å². The molecule has 0 aromatic rings. The molecular formula is C8H10O. The maximum Gasteiger partial charge on any atom is 0.130 e. The van der Waals surface area contributed by atoms with Crippen molar-refractivity contribution in [2.75, 3.05) is 0 Å². The van der Waals surface area contributed by atoms with E-state index >= 15 is 0 Å². The van der Waals surface area contributed by atoms with Gasteiger partial charge in [0.1, 0.15) is 5.78 Å². The van der Waals surface area contributed by atoms with Crippen LogP contribution in [0.15, 0.2) is 12.2 Å². The van der Waals surface area contributed by atoms with Gasteiger partial charge in [0.05, 0.1) is 0 Å². The van der Waals surface area contributed by atoms with Gasteiger partial charge in [0.25, 0.3) is 0 Å². The van der Waals surface area contributed by atoms with Gasteiger partial charge in [-0.2, -0.15) is 0 Å². The monoisotopic (exact) mass is 122 g/mol. The highest BCUT2D eigenvalue weighted by Gasteiger charge is 1.86. The fraction of sp³-hybridized carbons (Fsp3) is 0.375. The van der Waals surface area contributed by atoms with Gasteiger partial charge in [0, 0.05) is 6.42 Å². The van der Waals surface area contributed by atoms with Crippen molar-refractivity contribution in [1.82, 2.24) is 0 Å². The predicted molar refractivity (Wildman–Crippen MR) is 37.9 cm³/mol. The van der Waals surface area contributed by atoms with Crippen LogP contribution in [0.5, 0.6) is 0 Å². The van der Waals surface area contributed by atoms with Crippen molar-refractivity contribution < 1.29 is 4.79 Å². The van der Waals surface area contributed by atoms with Gasteiger partial charge >= 0.3 is 0 Å². The lowest BCUT2D eigenvalue weighted by Gasteiger charge is -1.84. The van der Waals surface area contributed by atoms with Gasteiger partial charge in [-0.3, -0.25) is 0 Å². The maximum absolute atomic E-state index is 10.3. The van der Waals surface area contributed by atoms with Gasteiger partial charge in [-0.25, -0.2) is 0 Å². The standard InChI is InChI=1S/C8H10O/c1-3-4-5-6-7-8(2)9/h1,4-5H,6-7H2,2H3/b5-4+. The van der Waals surface area contributed by atoms with E-state index in [0.717, 1.165) is 6.42 Å². The summed E-state index contributed by atoms with van der Waals surface area (Å²) in [5.74, 6) is 2.55. The third-order valence-electron chi connectivity index (χ3n) is 0.877. The summed E-state index contributed by atoms with van der Waals surface area (Å²) in [5, 5.41) is 0. The fourth-order valence-corrected chi connectivity index (χ4v) is 0.438. The topological polar surface area (TPSA) is 17.1 Å². The third kappa shape index (κ3) is 6.97. The summed E-state index contributed by atoms with van der Waals surface area (Å²) < 4.78 is 0. The van der Waals surface area contributed by atoms with E-state index in [4.69, 9.17) is 6.42 Å². The van der Waals surface area contributed by atoms with Gasteiger partial charge in [-0.05, 0) is 19.4 Å². The van der Waals surface area contributed by atoms with E-state index in [0.29, 0.717) is 6.42 Å². The smallest absolute Gasteiger partial charge is 0.130 e. The first-order valence-electron chi connectivity index (χ1n) is 2.88. The Labute approximate surface area is 55.8 Å². The summed E-state index contributed by atoms with van der Waals surface area (Å²) in [6.07, 6.45) is 9.72. The predicted octanol–water partition coefficient (Wildman–Crippen LogP) is 1.54. The molecule has 0 N–H and O–H groups in total. The number of carbonyl (C=O) groups excluding carboxylic acids is 1. The Morgan fingerprint density at radius 1 is 1.78 bits per heavy atom. The van der Waals surface area contributed by atoms with Gasteiger partial charge < -0.3 is 4.79 Å². The van der Waals surface area contributed by atoms with E-state index in [1.54, 1.807) is 13.0 Å². The summed E-state index contributed by atoms with van der Waals surface area (Å²) >= 11 is 0. The molecule has 0 amide bonds. The molecule has 0 rings (SSSR count). The minimum Gasteiger partial charge on any atom is -0.300 e. The fourth-order valence-electron chi connectivity index (χ4n) is 0.438. The number of carbonyl (C=O) groups is 1. The van der Waals surface area contributed by atoms with E-state index in [1.165, 1.54) is 0 Å². The SMILES string of the molecule is C#C/C=C/CCC(C)=O. The van der Waals surface area contributed by atoms with Crippen LogP contribution in [0, 0.1) is 12.3 Å². The average Bonchev–Trinajstić information content (AvgIpc) is 1.80. The molecule has 0 fully saturated rings. The number of hydrogen-bond donors (Lipinski definition) is 0. The Hall–Kier alpha value is -1.03. The third-order valence-corrected chi connectivity index (χ3v) is 0.877. The van der Waals surface area contributed by atoms with Crippen molar-refractivity contribution in [1.29, 1.82) is 0 Å². The summed E-state index contributed by atoms with van der Waals surface area (Å²) in [4.78, 5) is 10.3. The largest absolute Gasteiger partial charge is 0.300 e. The first-order chi connectivity index (χ1) is 4.27. The lowest BCUT2D eigenvalue weighted by molar-refractivity contribution is -0.116. The summed E-state index contributed by atoms with van der Waals surface area (Å²) in [6.45, 7) is 1.57. The summed E-state index contributed by atoms with van der Waals surface area (Å²) in [6, 6.07) is 0. The second-order valence-corrected chi connectivity index (χ2v) is 1.81. The van der Waals surface area contributed by atoms with Crippen molar-refractivity contribution in [2.24, 2.45) is 0 Å². The quantitative estimate of drug-likeness (QED) is 0.519. The zero-order valence-electron chi connectivity index (χ0n) is 5.55. The van der Waals surface area contributed by atoms with E-state index < -0.39 is 0 Å². The molecule has 0 heterocycles. The van der Waals surface area contributed by atoms with Gasteiger partial charge in [0.2, 0.25) is 0 Å². The number of hydrogen-bond acceptors (Lipinski definition) is 1. The molecule has 0 aliphatic heterocycles. The Morgan fingerprint density at radius 3 is 2.89 bits per heavy atom. The molecule has 0 aromatic heterocycles. The molecular weight excluding hydrogens is 112 g/mol. The number of terminal acetylenes is 1. The number of allylic oxidation sites excluding steroid dienone is 2. The maximum atomic E-state index is 10.3. The number of rotatable bonds is 3. The van der Waals surface area contributed by atoms with E-state index in [2.05, 4.69) is 5.92 Å². The van der Waals surface area contributed by atoms with Crippen molar-refractivity contribution in [3.63, 3.8) is 0 Å². The van der Waals surface area contributed by atoms with E-state index in [1.807, 2.05) is 6.08 Å². The molecule has 0 bridgehead atoms. The normalized spacial score (nSPS) is 9.33. The van der Waals surface area contributed by atoms with Crippen LogP contribution >= 0.6 is 0 Å². The van der Waals surface area contributed by atoms with Crippen molar-refractivity contribution in [3.05, 3.63) is 12.2 Å². The molecule has 0 radical (unpaired) electrons. The van der Waals surface area contributed by atoms with Gasteiger partial charge in [0.15, 0.2) is 0 Å². The molecule has 0 aliphatic carbocycles. The minimum atomic E-state index is 0.205. The molecule has 0 atom stereocenters. The Kier molecular flexibility index (Phi) is 4.53. The first kappa shape index (κ1) is 7.97. The second kappa shape index (κ2) is 5.11. The molecule has 0 saturated carbocycles. The Bertz CT molecular complexity index is 148. The van der Waals surface area contributed by atoms with Crippen LogP contribution in [0.1, 0.15) is 19.8 Å². The molecule has 0 aliphatic rings. The molecule has 9 heavy (non-hydrogen) atoms. The van der Waals surface area contributed by atoms with Crippen molar-refractivity contribution in [2.45, 2.75) is 19.8 Å². The summed E-state index contributed by atoms with van der Waals surface area (Å²) in [7, 11) is 0. The van der Waals surface area contributed by atoms with Crippen LogP contribution in [0.3, 0.4) is 0 Å². The molecule has 0 unspecified atom stereocenters. The van der Waals surface area contributed by atoms with Crippen LogP contribution in [0.4, 0.5) is 0 Å². The van der Waals surface area contributed by atoms with E-state index in [-0.39, 0.29) is 5.78 Å². The second-order valence-electron chi connectivity index (χ2n) is 1.81. The summed E-state index contributed by atoms with van der Waals surface area (Å²) in [5.41, 5.74) is 0. The average molecular weight is 122 g/mol. The molecule has 1 heteroatoms. The van der Waals surface area contributed by atoms with Crippen molar-refractivity contribution in [3.8, 4) is 12.3 Å². The number of ketones is 1. The lowest BCUT2D eigenvalue weighted by atomic mass is 10.2. The van der Waals surface area contributed by atoms with Gasteiger partial charge in [-0.15, -0.1) is 6.42 Å². The minimum absolute atomic E-state index is 0.205. The van der Waals surface area contributed by atoms with Crippen LogP contribution < -0.4 is 0 Å². The zero-order valence-corrected chi connectivity index (χ0v) is 5.55. The molecule has 0 aromatic carbocycles. The highest BCUT2D eigenvalue weighted by atomic mass is 16.1. The van der Waals surface area contributed by atoms with Crippen LogP contribution in [0.25, 0.3) is 0 Å². The molecule has 0 spiro atoms. The molecule has 48 valence electrons. The van der Waals surface area contributed by atoms with Crippen molar-refractivity contribution >= 4 is 5.78 Å². The zero-order chi connectivity index (χ0) is 7.11. The highest BCUT2D eigenvalue weighted by Crippen LogP contribution is 1.90. The Balaban J connectivity index is 3.22. The van der Waals surface area contributed by atoms with Crippen LogP contribution in [-0.2, 0) is 4.79 Å². The number of Topliss-reactive ketones (excluding diaryl/α,β-unsaturated/α-hetero) is 1. The Morgan fingerprint density at radius 2 is 2.44 bits per heavy atom. The molecule has 0 saturated heterocycles. The lowest BCUT2D eigenvalue weighted by Crippen LogP contribution is -1.85. The highest BCUT2D eigenvalue weighted by molar-refractivity contribution is 5.75. The molecule has 1 nitrogen and oxygen atoms in total. The van der Waals surface area contributed by atoms with Crippen LogP contribution in [0.2, 0.25) is 0 Å². The first-order valence-corrected chi connectivity index (χ1v) is 2.88.